The van der Waals surface area contributed by atoms with Crippen LogP contribution in [0, 0.1) is 0 Å². The van der Waals surface area contributed by atoms with E-state index in [0.717, 1.165) is 5.56 Å². The Morgan fingerprint density at radius 2 is 1.95 bits per heavy atom. The zero-order chi connectivity index (χ0) is 14.3. The Kier molecular flexibility index (Phi) is 5.94. The Morgan fingerprint density at radius 1 is 1.32 bits per heavy atom. The number of benzene rings is 1. The van der Waals surface area contributed by atoms with Gasteiger partial charge in [0.15, 0.2) is 0 Å². The lowest BCUT2D eigenvalue weighted by atomic mass is 10.2. The zero-order valence-corrected chi connectivity index (χ0v) is 11.6. The molecule has 1 rings (SSSR count). The molecule has 0 unspecified atom stereocenters. The van der Waals surface area contributed by atoms with Gasteiger partial charge in [-0.2, -0.15) is 12.7 Å². The quantitative estimate of drug-likeness (QED) is 0.740. The molecular formula is C12H18N2O4S. The molecule has 106 valence electrons. The van der Waals surface area contributed by atoms with Crippen molar-refractivity contribution in [2.75, 3.05) is 13.1 Å². The maximum Gasteiger partial charge on any atom is 0.304 e. The molecule has 0 saturated carbocycles. The fraction of sp³-hybridized carbons (Fsp3) is 0.417. The minimum Gasteiger partial charge on any atom is -0.481 e. The molecule has 0 spiro atoms. The number of nitrogens with one attached hydrogen (secondary N) is 1. The van der Waals surface area contributed by atoms with Gasteiger partial charge in [-0.3, -0.25) is 4.79 Å². The summed E-state index contributed by atoms with van der Waals surface area (Å²) in [6.45, 7) is 2.21. The predicted molar refractivity (Wildman–Crippen MR) is 71.7 cm³/mol. The van der Waals surface area contributed by atoms with Crippen molar-refractivity contribution in [1.29, 1.82) is 0 Å². The number of rotatable bonds is 8. The molecule has 0 radical (unpaired) electrons. The SMILES string of the molecule is CCN(Cc1ccccc1)S(=O)(=O)NCCC(=O)O. The van der Waals surface area contributed by atoms with Gasteiger partial charge in [-0.1, -0.05) is 37.3 Å². The van der Waals surface area contributed by atoms with Crippen molar-refractivity contribution in [2.45, 2.75) is 19.9 Å². The van der Waals surface area contributed by atoms with Gasteiger partial charge in [0, 0.05) is 19.6 Å². The van der Waals surface area contributed by atoms with Crippen molar-refractivity contribution in [1.82, 2.24) is 9.03 Å². The van der Waals surface area contributed by atoms with Crippen LogP contribution < -0.4 is 4.72 Å². The number of nitrogens with zero attached hydrogens (tertiary/aromatic N) is 1. The van der Waals surface area contributed by atoms with Crippen molar-refractivity contribution in [2.24, 2.45) is 0 Å². The van der Waals surface area contributed by atoms with Crippen LogP contribution in [-0.2, 0) is 21.5 Å². The van der Waals surface area contributed by atoms with Gasteiger partial charge in [-0.05, 0) is 5.56 Å². The van der Waals surface area contributed by atoms with Crippen molar-refractivity contribution >= 4 is 16.2 Å². The first-order valence-electron chi connectivity index (χ1n) is 5.96. The minimum absolute atomic E-state index is 0.108. The van der Waals surface area contributed by atoms with Crippen LogP contribution in [0.5, 0.6) is 0 Å². The number of carboxylic acids is 1. The molecule has 0 atom stereocenters. The summed E-state index contributed by atoms with van der Waals surface area (Å²) in [5, 5.41) is 8.49. The first-order valence-corrected chi connectivity index (χ1v) is 7.40. The lowest BCUT2D eigenvalue weighted by Crippen LogP contribution is -2.40. The van der Waals surface area contributed by atoms with Gasteiger partial charge in [0.2, 0.25) is 0 Å². The monoisotopic (exact) mass is 286 g/mol. The average Bonchev–Trinajstić information content (AvgIpc) is 2.36. The lowest BCUT2D eigenvalue weighted by molar-refractivity contribution is -0.136. The van der Waals surface area contributed by atoms with Crippen LogP contribution >= 0.6 is 0 Å². The predicted octanol–water partition coefficient (Wildman–Crippen LogP) is 0.818. The van der Waals surface area contributed by atoms with Gasteiger partial charge in [-0.15, -0.1) is 0 Å². The number of carboxylic acid groups (broad SMARTS) is 1. The highest BCUT2D eigenvalue weighted by molar-refractivity contribution is 7.87. The van der Waals surface area contributed by atoms with Gasteiger partial charge in [0.25, 0.3) is 10.2 Å². The van der Waals surface area contributed by atoms with Gasteiger partial charge in [0.05, 0.1) is 6.42 Å². The summed E-state index contributed by atoms with van der Waals surface area (Å²) in [7, 11) is -3.65. The molecule has 0 aliphatic carbocycles. The third kappa shape index (κ3) is 5.37. The van der Waals surface area contributed by atoms with Crippen LogP contribution in [0.1, 0.15) is 18.9 Å². The summed E-state index contributed by atoms with van der Waals surface area (Å²) in [6, 6.07) is 9.23. The number of carbonyl (C=O) groups is 1. The van der Waals surface area contributed by atoms with Gasteiger partial charge in [0.1, 0.15) is 0 Å². The zero-order valence-electron chi connectivity index (χ0n) is 10.7. The van der Waals surface area contributed by atoms with E-state index in [0.29, 0.717) is 6.54 Å². The third-order valence-electron chi connectivity index (χ3n) is 2.52. The molecule has 19 heavy (non-hydrogen) atoms. The summed E-state index contributed by atoms with van der Waals surface area (Å²) < 4.78 is 27.5. The van der Waals surface area contributed by atoms with E-state index in [2.05, 4.69) is 4.72 Å². The second-order valence-corrected chi connectivity index (χ2v) is 5.71. The van der Waals surface area contributed by atoms with Crippen LogP contribution in [0.15, 0.2) is 30.3 Å². The molecule has 0 aromatic heterocycles. The molecule has 0 heterocycles. The Labute approximate surface area is 113 Å². The maximum absolute atomic E-state index is 12.0. The number of hydrogen-bond acceptors (Lipinski definition) is 3. The minimum atomic E-state index is -3.65. The highest BCUT2D eigenvalue weighted by Crippen LogP contribution is 2.07. The molecule has 0 aliphatic rings. The number of aliphatic carboxylic acids is 1. The summed E-state index contributed by atoms with van der Waals surface area (Å²) in [6.07, 6.45) is -0.234. The van der Waals surface area contributed by atoms with E-state index in [9.17, 15) is 13.2 Å². The van der Waals surface area contributed by atoms with Gasteiger partial charge >= 0.3 is 5.97 Å². The second-order valence-electron chi connectivity index (χ2n) is 3.95. The smallest absolute Gasteiger partial charge is 0.304 e. The molecule has 2 N–H and O–H groups in total. The normalized spacial score (nSPS) is 11.7. The average molecular weight is 286 g/mol. The van der Waals surface area contributed by atoms with Crippen molar-refractivity contribution in [3.63, 3.8) is 0 Å². The Balaban J connectivity index is 2.65. The Bertz CT molecular complexity index is 502. The molecule has 0 saturated heterocycles. The Hall–Kier alpha value is -1.44. The summed E-state index contributed by atoms with van der Waals surface area (Å²) in [5.41, 5.74) is 0.882. The standard InChI is InChI=1S/C12H18N2O4S/c1-2-14(10-11-6-4-3-5-7-11)19(17,18)13-9-8-12(15)16/h3-7,13H,2,8-10H2,1H3,(H,15,16). The van der Waals surface area contributed by atoms with Crippen LogP contribution in [0.2, 0.25) is 0 Å². The molecular weight excluding hydrogens is 268 g/mol. The molecule has 0 amide bonds. The molecule has 0 bridgehead atoms. The maximum atomic E-state index is 12.0. The summed E-state index contributed by atoms with van der Waals surface area (Å²) in [5.74, 6) is -1.03. The van der Waals surface area contributed by atoms with E-state index >= 15 is 0 Å². The second kappa shape index (κ2) is 7.22. The Morgan fingerprint density at radius 3 is 2.47 bits per heavy atom. The first kappa shape index (κ1) is 15.6. The summed E-state index contributed by atoms with van der Waals surface area (Å²) in [4.78, 5) is 10.4. The number of hydrogen-bond donors (Lipinski definition) is 2. The largest absolute Gasteiger partial charge is 0.481 e. The van der Waals surface area contributed by atoms with E-state index in [1.54, 1.807) is 6.92 Å². The van der Waals surface area contributed by atoms with Crippen molar-refractivity contribution in [3.05, 3.63) is 35.9 Å². The van der Waals surface area contributed by atoms with Crippen molar-refractivity contribution in [3.8, 4) is 0 Å². The van der Waals surface area contributed by atoms with Gasteiger partial charge < -0.3 is 5.11 Å². The van der Waals surface area contributed by atoms with E-state index < -0.39 is 16.2 Å². The van der Waals surface area contributed by atoms with E-state index in [-0.39, 0.29) is 19.5 Å². The van der Waals surface area contributed by atoms with Crippen LogP contribution in [0.25, 0.3) is 0 Å². The molecule has 0 aliphatic heterocycles. The highest BCUT2D eigenvalue weighted by atomic mass is 32.2. The third-order valence-corrected chi connectivity index (χ3v) is 4.15. The fourth-order valence-corrected chi connectivity index (χ4v) is 2.73. The first-order chi connectivity index (χ1) is 8.95. The summed E-state index contributed by atoms with van der Waals surface area (Å²) >= 11 is 0. The van der Waals surface area contributed by atoms with E-state index in [1.165, 1.54) is 4.31 Å². The fourth-order valence-electron chi connectivity index (χ4n) is 1.53. The lowest BCUT2D eigenvalue weighted by Gasteiger charge is -2.20. The molecule has 0 fully saturated rings. The molecule has 6 nitrogen and oxygen atoms in total. The molecule has 1 aromatic rings. The highest BCUT2D eigenvalue weighted by Gasteiger charge is 2.20. The van der Waals surface area contributed by atoms with E-state index in [1.807, 2.05) is 30.3 Å². The van der Waals surface area contributed by atoms with Crippen LogP contribution in [0.3, 0.4) is 0 Å². The molecule has 1 aromatic carbocycles. The topological polar surface area (TPSA) is 86.7 Å². The van der Waals surface area contributed by atoms with Gasteiger partial charge in [-0.25, -0.2) is 4.72 Å². The van der Waals surface area contributed by atoms with Crippen LogP contribution in [-0.4, -0.2) is 36.9 Å². The van der Waals surface area contributed by atoms with Crippen molar-refractivity contribution < 1.29 is 18.3 Å². The molecule has 7 heteroatoms. The van der Waals surface area contributed by atoms with Crippen LogP contribution in [0.4, 0.5) is 0 Å². The van der Waals surface area contributed by atoms with E-state index in [4.69, 9.17) is 5.11 Å².